The van der Waals surface area contributed by atoms with Crippen LogP contribution in [0.25, 0.3) is 0 Å². The Morgan fingerprint density at radius 3 is 2.31 bits per heavy atom. The minimum atomic E-state index is -0.525. The Morgan fingerprint density at radius 1 is 0.938 bits per heavy atom. The summed E-state index contributed by atoms with van der Waals surface area (Å²) >= 11 is 0. The van der Waals surface area contributed by atoms with Crippen molar-refractivity contribution in [3.8, 4) is 11.5 Å². The zero-order valence-electron chi connectivity index (χ0n) is 19.1. The molecule has 32 heavy (non-hydrogen) atoms. The van der Waals surface area contributed by atoms with Gasteiger partial charge in [-0.15, -0.1) is 0 Å². The highest BCUT2D eigenvalue weighted by molar-refractivity contribution is 6.35. The lowest BCUT2D eigenvalue weighted by Crippen LogP contribution is -2.47. The van der Waals surface area contributed by atoms with Gasteiger partial charge in [-0.05, 0) is 68.7 Å². The molecular formula is C26H34N2O4. The number of nitrogens with one attached hydrogen (secondary N) is 1. The Balaban J connectivity index is 1.42. The average Bonchev–Trinajstić information content (AvgIpc) is 2.81. The molecule has 6 nitrogen and oxygen atoms in total. The lowest BCUT2D eigenvalue weighted by molar-refractivity contribution is -0.146. The summed E-state index contributed by atoms with van der Waals surface area (Å²) in [6.07, 6.45) is 3.51. The zero-order chi connectivity index (χ0) is 22.8. The van der Waals surface area contributed by atoms with Crippen molar-refractivity contribution in [3.05, 3.63) is 59.7 Å². The van der Waals surface area contributed by atoms with E-state index in [0.29, 0.717) is 56.7 Å². The first-order chi connectivity index (χ1) is 15.6. The molecule has 2 aromatic rings. The summed E-state index contributed by atoms with van der Waals surface area (Å²) in [7, 11) is 0. The smallest absolute Gasteiger partial charge is 0.311 e. The van der Waals surface area contributed by atoms with Crippen LogP contribution in [0.1, 0.15) is 37.8 Å². The lowest BCUT2D eigenvalue weighted by Gasteiger charge is -2.31. The summed E-state index contributed by atoms with van der Waals surface area (Å²) in [6.45, 7) is 6.66. The molecular weight excluding hydrogens is 404 g/mol. The molecule has 0 saturated carbocycles. The number of carbonyl (C=O) groups is 2. The van der Waals surface area contributed by atoms with Crippen LogP contribution in [0.5, 0.6) is 11.5 Å². The lowest BCUT2D eigenvalue weighted by atomic mass is 9.90. The number of hydrogen-bond donors (Lipinski definition) is 1. The number of piperidine rings is 1. The van der Waals surface area contributed by atoms with E-state index in [1.807, 2.05) is 38.1 Å². The van der Waals surface area contributed by atoms with Gasteiger partial charge in [0.1, 0.15) is 0 Å². The summed E-state index contributed by atoms with van der Waals surface area (Å²) in [5, 5.41) is 2.77. The molecule has 0 bridgehead atoms. The van der Waals surface area contributed by atoms with Gasteiger partial charge in [0, 0.05) is 19.6 Å². The maximum absolute atomic E-state index is 12.5. The van der Waals surface area contributed by atoms with E-state index in [-0.39, 0.29) is 0 Å². The van der Waals surface area contributed by atoms with Gasteiger partial charge in [0.25, 0.3) is 0 Å². The van der Waals surface area contributed by atoms with Gasteiger partial charge in [-0.3, -0.25) is 9.59 Å². The number of likely N-dealkylation sites (tertiary alicyclic amines) is 1. The van der Waals surface area contributed by atoms with Gasteiger partial charge in [-0.2, -0.15) is 0 Å². The van der Waals surface area contributed by atoms with Crippen LogP contribution in [0, 0.1) is 5.92 Å². The van der Waals surface area contributed by atoms with E-state index in [4.69, 9.17) is 9.47 Å². The monoisotopic (exact) mass is 438 g/mol. The van der Waals surface area contributed by atoms with E-state index in [9.17, 15) is 9.59 Å². The quantitative estimate of drug-likeness (QED) is 0.607. The molecule has 172 valence electrons. The number of carbonyl (C=O) groups excluding carboxylic acids is 2. The van der Waals surface area contributed by atoms with E-state index >= 15 is 0 Å². The van der Waals surface area contributed by atoms with Gasteiger partial charge < -0.3 is 19.7 Å². The van der Waals surface area contributed by atoms with Gasteiger partial charge in [0.15, 0.2) is 11.5 Å². The second-order valence-electron chi connectivity index (χ2n) is 8.08. The fourth-order valence-corrected chi connectivity index (χ4v) is 4.08. The number of ether oxygens (including phenoxy) is 2. The second-order valence-corrected chi connectivity index (χ2v) is 8.08. The molecule has 1 fully saturated rings. The molecule has 2 amide bonds. The van der Waals surface area contributed by atoms with Crippen LogP contribution in [0.4, 0.5) is 0 Å². The predicted molar refractivity (Wildman–Crippen MR) is 125 cm³/mol. The van der Waals surface area contributed by atoms with Gasteiger partial charge >= 0.3 is 11.8 Å². The molecule has 0 radical (unpaired) electrons. The third-order valence-corrected chi connectivity index (χ3v) is 5.77. The number of amides is 2. The Morgan fingerprint density at radius 2 is 1.62 bits per heavy atom. The third-order valence-electron chi connectivity index (χ3n) is 5.77. The zero-order valence-corrected chi connectivity index (χ0v) is 19.1. The first-order valence-electron chi connectivity index (χ1n) is 11.6. The molecule has 6 heteroatoms. The maximum atomic E-state index is 12.5. The van der Waals surface area contributed by atoms with E-state index in [1.54, 1.807) is 4.90 Å². The van der Waals surface area contributed by atoms with Crippen molar-refractivity contribution in [3.63, 3.8) is 0 Å². The van der Waals surface area contributed by atoms with Crippen LogP contribution in [0.2, 0.25) is 0 Å². The first kappa shape index (κ1) is 23.6. The van der Waals surface area contributed by atoms with Crippen LogP contribution in [0.3, 0.4) is 0 Å². The normalized spacial score (nSPS) is 14.1. The first-order valence-corrected chi connectivity index (χ1v) is 11.6. The highest BCUT2D eigenvalue weighted by atomic mass is 16.5. The molecule has 0 aromatic heterocycles. The van der Waals surface area contributed by atoms with Gasteiger partial charge in [-0.1, -0.05) is 36.4 Å². The predicted octanol–water partition coefficient (Wildman–Crippen LogP) is 3.62. The molecule has 0 aliphatic carbocycles. The minimum Gasteiger partial charge on any atom is -0.490 e. The second kappa shape index (κ2) is 12.1. The highest BCUT2D eigenvalue weighted by Crippen LogP contribution is 2.28. The highest BCUT2D eigenvalue weighted by Gasteiger charge is 2.26. The Hall–Kier alpha value is -3.02. The van der Waals surface area contributed by atoms with Crippen molar-refractivity contribution < 1.29 is 19.1 Å². The summed E-state index contributed by atoms with van der Waals surface area (Å²) < 4.78 is 11.2. The summed E-state index contributed by atoms with van der Waals surface area (Å²) in [6, 6.07) is 16.2. The fraction of sp³-hybridized carbons (Fsp3) is 0.462. The standard InChI is InChI=1S/C26H34N2O4/c1-3-31-23-11-10-21(19-24(23)32-4-2)12-15-27-25(29)26(30)28-16-13-22(14-17-28)18-20-8-6-5-7-9-20/h5-11,19,22H,3-4,12-18H2,1-2H3,(H,27,29). The number of benzene rings is 2. The largest absolute Gasteiger partial charge is 0.490 e. The van der Waals surface area contributed by atoms with Crippen molar-refractivity contribution in [1.82, 2.24) is 10.2 Å². The Kier molecular flexibility index (Phi) is 8.96. The topological polar surface area (TPSA) is 67.9 Å². The number of hydrogen-bond acceptors (Lipinski definition) is 4. The van der Waals surface area contributed by atoms with E-state index in [0.717, 1.165) is 24.8 Å². The summed E-state index contributed by atoms with van der Waals surface area (Å²) in [5.74, 6) is 1.02. The molecule has 1 heterocycles. The SMILES string of the molecule is CCOc1ccc(CCNC(=O)C(=O)N2CCC(Cc3ccccc3)CC2)cc1OCC. The molecule has 0 spiro atoms. The van der Waals surface area contributed by atoms with Crippen LogP contribution < -0.4 is 14.8 Å². The van der Waals surface area contributed by atoms with Gasteiger partial charge in [-0.25, -0.2) is 0 Å². The van der Waals surface area contributed by atoms with Crippen LogP contribution in [-0.2, 0) is 22.4 Å². The Labute approximate surface area is 190 Å². The van der Waals surface area contributed by atoms with Crippen LogP contribution in [-0.4, -0.2) is 49.6 Å². The maximum Gasteiger partial charge on any atom is 0.311 e. The summed E-state index contributed by atoms with van der Waals surface area (Å²) in [5.41, 5.74) is 2.35. The van der Waals surface area contributed by atoms with Crippen molar-refractivity contribution in [1.29, 1.82) is 0 Å². The molecule has 1 N–H and O–H groups in total. The molecule has 0 atom stereocenters. The third kappa shape index (κ3) is 6.74. The van der Waals surface area contributed by atoms with E-state index in [2.05, 4.69) is 29.6 Å². The van der Waals surface area contributed by atoms with Crippen LogP contribution >= 0.6 is 0 Å². The average molecular weight is 439 g/mol. The molecule has 2 aromatic carbocycles. The number of nitrogens with zero attached hydrogens (tertiary/aromatic N) is 1. The van der Waals surface area contributed by atoms with E-state index in [1.165, 1.54) is 5.56 Å². The molecule has 1 aliphatic heterocycles. The van der Waals surface area contributed by atoms with Crippen LogP contribution in [0.15, 0.2) is 48.5 Å². The van der Waals surface area contributed by atoms with Gasteiger partial charge in [0.2, 0.25) is 0 Å². The van der Waals surface area contributed by atoms with Gasteiger partial charge in [0.05, 0.1) is 13.2 Å². The van der Waals surface area contributed by atoms with E-state index < -0.39 is 11.8 Å². The molecule has 0 unspecified atom stereocenters. The fourth-order valence-electron chi connectivity index (χ4n) is 4.08. The Bertz CT molecular complexity index is 877. The van der Waals surface area contributed by atoms with Crippen molar-refractivity contribution in [2.45, 2.75) is 39.5 Å². The number of rotatable bonds is 9. The summed E-state index contributed by atoms with van der Waals surface area (Å²) in [4.78, 5) is 26.6. The molecule has 1 saturated heterocycles. The minimum absolute atomic E-state index is 0.397. The van der Waals surface area contributed by atoms with Crippen molar-refractivity contribution in [2.75, 3.05) is 32.8 Å². The molecule has 1 aliphatic rings. The van der Waals surface area contributed by atoms with Crippen molar-refractivity contribution in [2.24, 2.45) is 5.92 Å². The van der Waals surface area contributed by atoms with Crippen molar-refractivity contribution >= 4 is 11.8 Å². The molecule has 3 rings (SSSR count).